The van der Waals surface area contributed by atoms with Crippen LogP contribution in [0.3, 0.4) is 0 Å². The number of nitrogens with two attached hydrogens (primary N) is 1. The van der Waals surface area contributed by atoms with Gasteiger partial charge in [-0.15, -0.1) is 11.3 Å². The fourth-order valence-electron chi connectivity index (χ4n) is 2.64. The quantitative estimate of drug-likeness (QED) is 0.913. The van der Waals surface area contributed by atoms with Gasteiger partial charge < -0.3 is 15.4 Å². The monoisotopic (exact) mass is 308 g/mol. The van der Waals surface area contributed by atoms with E-state index in [-0.39, 0.29) is 5.91 Å². The fourth-order valence-corrected chi connectivity index (χ4v) is 3.79. The Hall–Kier alpha value is -1.60. The average Bonchev–Trinajstić information content (AvgIpc) is 3.15. The summed E-state index contributed by atoms with van der Waals surface area (Å²) < 4.78 is 6.90. The molecule has 1 amide bonds. The van der Waals surface area contributed by atoms with Crippen LogP contribution in [0.2, 0.25) is 0 Å². The molecule has 0 aromatic carbocycles. The van der Waals surface area contributed by atoms with Crippen LogP contribution in [0, 0.1) is 6.92 Å². The molecule has 0 bridgehead atoms. The van der Waals surface area contributed by atoms with Gasteiger partial charge in [-0.3, -0.25) is 9.48 Å². The standard InChI is InChI=1S/C14H20N4O2S/c1-8-10-11(15)12(21-14(10)17(2)16-8)13(19)18(6-7-20-3)9-4-5-9/h9H,4-7,15H2,1-3H3. The molecule has 1 fully saturated rings. The van der Waals surface area contributed by atoms with E-state index >= 15 is 0 Å². The number of rotatable bonds is 5. The number of carbonyl (C=O) groups is 1. The van der Waals surface area contributed by atoms with Crippen molar-refractivity contribution in [2.75, 3.05) is 26.0 Å². The summed E-state index contributed by atoms with van der Waals surface area (Å²) in [6.07, 6.45) is 2.14. The Morgan fingerprint density at radius 3 is 2.86 bits per heavy atom. The smallest absolute Gasteiger partial charge is 0.266 e. The zero-order valence-electron chi connectivity index (χ0n) is 12.5. The molecular formula is C14H20N4O2S. The van der Waals surface area contributed by atoms with Crippen LogP contribution in [-0.2, 0) is 11.8 Å². The van der Waals surface area contributed by atoms with Crippen LogP contribution < -0.4 is 5.73 Å². The summed E-state index contributed by atoms with van der Waals surface area (Å²) in [7, 11) is 3.53. The van der Waals surface area contributed by atoms with Crippen molar-refractivity contribution in [3.05, 3.63) is 10.6 Å². The number of methoxy groups -OCH3 is 1. The highest BCUT2D eigenvalue weighted by atomic mass is 32.1. The maximum atomic E-state index is 12.8. The topological polar surface area (TPSA) is 73.4 Å². The first-order valence-electron chi connectivity index (χ1n) is 7.06. The normalized spacial score (nSPS) is 14.8. The zero-order chi connectivity index (χ0) is 15.1. The summed E-state index contributed by atoms with van der Waals surface area (Å²) in [5.74, 6) is 0.0210. The van der Waals surface area contributed by atoms with E-state index in [0.717, 1.165) is 28.8 Å². The number of anilines is 1. The van der Waals surface area contributed by atoms with Crippen LogP contribution in [-0.4, -0.2) is 46.9 Å². The van der Waals surface area contributed by atoms with Gasteiger partial charge in [0.25, 0.3) is 5.91 Å². The molecule has 2 N–H and O–H groups in total. The second-order valence-corrected chi connectivity index (χ2v) is 6.46. The summed E-state index contributed by atoms with van der Waals surface area (Å²) in [5, 5.41) is 5.27. The first kappa shape index (κ1) is 14.3. The number of aromatic nitrogens is 2. The Kier molecular flexibility index (Phi) is 3.62. The van der Waals surface area contributed by atoms with Crippen molar-refractivity contribution in [2.24, 2.45) is 7.05 Å². The lowest BCUT2D eigenvalue weighted by atomic mass is 10.2. The molecule has 1 saturated carbocycles. The van der Waals surface area contributed by atoms with Gasteiger partial charge in [0.05, 0.1) is 23.4 Å². The van der Waals surface area contributed by atoms with E-state index in [2.05, 4.69) is 5.10 Å². The molecule has 114 valence electrons. The van der Waals surface area contributed by atoms with Crippen molar-refractivity contribution in [1.29, 1.82) is 0 Å². The predicted octanol–water partition coefficient (Wildman–Crippen LogP) is 1.78. The molecular weight excluding hydrogens is 288 g/mol. The number of hydrogen-bond donors (Lipinski definition) is 1. The third kappa shape index (κ3) is 2.40. The largest absolute Gasteiger partial charge is 0.397 e. The third-order valence-electron chi connectivity index (χ3n) is 3.86. The summed E-state index contributed by atoms with van der Waals surface area (Å²) in [6, 6.07) is 0.344. The van der Waals surface area contributed by atoms with Gasteiger partial charge in [0.1, 0.15) is 9.71 Å². The van der Waals surface area contributed by atoms with Crippen LogP contribution >= 0.6 is 11.3 Å². The lowest BCUT2D eigenvalue weighted by Gasteiger charge is -2.21. The highest BCUT2D eigenvalue weighted by molar-refractivity contribution is 7.21. The first-order chi connectivity index (χ1) is 10.0. The molecule has 0 saturated heterocycles. The van der Waals surface area contributed by atoms with Crippen LogP contribution in [0.15, 0.2) is 0 Å². The van der Waals surface area contributed by atoms with Gasteiger partial charge in [0.15, 0.2) is 0 Å². The van der Waals surface area contributed by atoms with Gasteiger partial charge in [-0.25, -0.2) is 0 Å². The zero-order valence-corrected chi connectivity index (χ0v) is 13.4. The van der Waals surface area contributed by atoms with Gasteiger partial charge in [0, 0.05) is 26.7 Å². The number of fused-ring (bicyclic) bond motifs is 1. The van der Waals surface area contributed by atoms with Crippen LogP contribution in [0.25, 0.3) is 10.2 Å². The Morgan fingerprint density at radius 2 is 2.29 bits per heavy atom. The lowest BCUT2D eigenvalue weighted by molar-refractivity contribution is 0.0686. The van der Waals surface area contributed by atoms with E-state index in [9.17, 15) is 4.79 Å². The molecule has 21 heavy (non-hydrogen) atoms. The second-order valence-electron chi connectivity index (χ2n) is 5.46. The fraction of sp³-hybridized carbons (Fsp3) is 0.571. The highest BCUT2D eigenvalue weighted by Gasteiger charge is 2.35. The van der Waals surface area contributed by atoms with E-state index in [1.54, 1.807) is 11.8 Å². The Bertz CT molecular complexity index is 687. The lowest BCUT2D eigenvalue weighted by Crippen LogP contribution is -2.35. The summed E-state index contributed by atoms with van der Waals surface area (Å²) >= 11 is 1.43. The first-order valence-corrected chi connectivity index (χ1v) is 7.87. The van der Waals surface area contributed by atoms with Crippen molar-refractivity contribution < 1.29 is 9.53 Å². The van der Waals surface area contributed by atoms with Gasteiger partial charge in [-0.2, -0.15) is 5.10 Å². The molecule has 7 heteroatoms. The minimum atomic E-state index is 0.0210. The molecule has 2 aromatic heterocycles. The van der Waals surface area contributed by atoms with Crippen molar-refractivity contribution in [3.63, 3.8) is 0 Å². The maximum Gasteiger partial charge on any atom is 0.266 e. The van der Waals surface area contributed by atoms with E-state index in [4.69, 9.17) is 10.5 Å². The van der Waals surface area contributed by atoms with E-state index in [0.29, 0.717) is 29.8 Å². The number of ether oxygens (including phenoxy) is 1. The second kappa shape index (κ2) is 5.31. The van der Waals surface area contributed by atoms with Crippen molar-refractivity contribution in [2.45, 2.75) is 25.8 Å². The van der Waals surface area contributed by atoms with Gasteiger partial charge in [0.2, 0.25) is 0 Å². The van der Waals surface area contributed by atoms with Crippen molar-refractivity contribution in [1.82, 2.24) is 14.7 Å². The molecule has 0 atom stereocenters. The minimum absolute atomic E-state index is 0.0210. The van der Waals surface area contributed by atoms with Crippen LogP contribution in [0.5, 0.6) is 0 Å². The van der Waals surface area contributed by atoms with Gasteiger partial charge in [-0.05, 0) is 19.8 Å². The number of nitrogens with zero attached hydrogens (tertiary/aromatic N) is 3. The highest BCUT2D eigenvalue weighted by Crippen LogP contribution is 2.38. The van der Waals surface area contributed by atoms with Crippen LogP contribution in [0.4, 0.5) is 5.69 Å². The number of hydrogen-bond acceptors (Lipinski definition) is 5. The molecule has 3 rings (SSSR count). The number of amides is 1. The Morgan fingerprint density at radius 1 is 1.57 bits per heavy atom. The molecule has 0 aliphatic heterocycles. The SMILES string of the molecule is COCCN(C(=O)c1sc2c(c(C)nn2C)c1N)C1CC1. The van der Waals surface area contributed by atoms with Crippen molar-refractivity contribution >= 4 is 33.1 Å². The summed E-state index contributed by atoms with van der Waals surface area (Å²) in [6.45, 7) is 3.09. The van der Waals surface area contributed by atoms with E-state index in [1.165, 1.54) is 11.3 Å². The molecule has 6 nitrogen and oxygen atoms in total. The molecule has 0 spiro atoms. The van der Waals surface area contributed by atoms with E-state index < -0.39 is 0 Å². The molecule has 0 radical (unpaired) electrons. The third-order valence-corrected chi connectivity index (χ3v) is 5.12. The van der Waals surface area contributed by atoms with Crippen LogP contribution in [0.1, 0.15) is 28.2 Å². The number of carbonyl (C=O) groups excluding carboxylic acids is 1. The van der Waals surface area contributed by atoms with Crippen molar-refractivity contribution in [3.8, 4) is 0 Å². The average molecular weight is 308 g/mol. The molecule has 1 aliphatic carbocycles. The number of thiophene rings is 1. The van der Waals surface area contributed by atoms with Gasteiger partial charge >= 0.3 is 0 Å². The summed E-state index contributed by atoms with van der Waals surface area (Å²) in [5.41, 5.74) is 7.65. The minimum Gasteiger partial charge on any atom is -0.397 e. The Labute approximate surface area is 127 Å². The maximum absolute atomic E-state index is 12.8. The van der Waals surface area contributed by atoms with E-state index in [1.807, 2.05) is 18.9 Å². The Balaban J connectivity index is 1.96. The number of aryl methyl sites for hydroxylation is 2. The van der Waals surface area contributed by atoms with Gasteiger partial charge in [-0.1, -0.05) is 0 Å². The molecule has 1 aliphatic rings. The number of nitrogen functional groups attached to an aromatic ring is 1. The summed E-state index contributed by atoms with van der Waals surface area (Å²) in [4.78, 5) is 16.3. The molecule has 0 unspecified atom stereocenters. The predicted molar refractivity (Wildman–Crippen MR) is 83.7 cm³/mol. The molecule has 2 aromatic rings. The molecule has 2 heterocycles.